The molecule has 2 nitrogen and oxygen atoms in total. The molecule has 0 radical (unpaired) electrons. The van der Waals surface area contributed by atoms with Crippen molar-refractivity contribution >= 4 is 23.2 Å². The van der Waals surface area contributed by atoms with Crippen LogP contribution in [-0.2, 0) is 6.54 Å². The Balaban J connectivity index is 2.63. The van der Waals surface area contributed by atoms with E-state index in [1.165, 1.54) is 0 Å². The lowest BCUT2D eigenvalue weighted by Gasteiger charge is -2.13. The van der Waals surface area contributed by atoms with Crippen molar-refractivity contribution in [3.8, 4) is 5.75 Å². The van der Waals surface area contributed by atoms with Crippen LogP contribution in [0.5, 0.6) is 5.75 Å². The average molecular weight is 276 g/mol. The Kier molecular flexibility index (Phi) is 6.10. The van der Waals surface area contributed by atoms with Crippen molar-refractivity contribution in [2.75, 3.05) is 6.61 Å². The SMILES string of the molecule is CC(C)CCCOc1c(Cl)cc(Cl)cc1CN. The van der Waals surface area contributed by atoms with Crippen molar-refractivity contribution in [3.63, 3.8) is 0 Å². The molecular formula is C13H19Cl2NO. The molecule has 0 amide bonds. The summed E-state index contributed by atoms with van der Waals surface area (Å²) in [7, 11) is 0. The molecule has 0 bridgehead atoms. The second-order valence-corrected chi connectivity index (χ2v) is 5.31. The molecule has 0 fully saturated rings. The lowest BCUT2D eigenvalue weighted by molar-refractivity contribution is 0.295. The second kappa shape index (κ2) is 7.10. The molecule has 1 aromatic carbocycles. The van der Waals surface area contributed by atoms with E-state index >= 15 is 0 Å². The lowest BCUT2D eigenvalue weighted by Crippen LogP contribution is -2.05. The van der Waals surface area contributed by atoms with E-state index in [4.69, 9.17) is 33.7 Å². The van der Waals surface area contributed by atoms with Crippen LogP contribution in [0, 0.1) is 5.92 Å². The van der Waals surface area contributed by atoms with Gasteiger partial charge in [0.1, 0.15) is 5.75 Å². The fourth-order valence-corrected chi connectivity index (χ4v) is 2.18. The van der Waals surface area contributed by atoms with Crippen LogP contribution >= 0.6 is 23.2 Å². The third kappa shape index (κ3) is 4.74. The number of halogens is 2. The Morgan fingerprint density at radius 3 is 2.59 bits per heavy atom. The van der Waals surface area contributed by atoms with Gasteiger partial charge >= 0.3 is 0 Å². The Morgan fingerprint density at radius 2 is 2.00 bits per heavy atom. The van der Waals surface area contributed by atoms with Crippen molar-refractivity contribution in [2.45, 2.75) is 33.2 Å². The third-order valence-corrected chi connectivity index (χ3v) is 2.98. The molecular weight excluding hydrogens is 257 g/mol. The molecule has 0 aliphatic carbocycles. The first-order chi connectivity index (χ1) is 8.04. The normalized spacial score (nSPS) is 10.9. The quantitative estimate of drug-likeness (QED) is 0.787. The highest BCUT2D eigenvalue weighted by molar-refractivity contribution is 6.35. The van der Waals surface area contributed by atoms with E-state index in [2.05, 4.69) is 13.8 Å². The topological polar surface area (TPSA) is 35.2 Å². The highest BCUT2D eigenvalue weighted by Gasteiger charge is 2.09. The molecule has 0 heterocycles. The Hall–Kier alpha value is -0.440. The minimum atomic E-state index is 0.375. The summed E-state index contributed by atoms with van der Waals surface area (Å²) in [5.74, 6) is 1.36. The van der Waals surface area contributed by atoms with E-state index in [-0.39, 0.29) is 0 Å². The maximum atomic E-state index is 6.09. The van der Waals surface area contributed by atoms with Crippen LogP contribution in [-0.4, -0.2) is 6.61 Å². The van der Waals surface area contributed by atoms with Gasteiger partial charge in [-0.25, -0.2) is 0 Å². The predicted molar refractivity (Wildman–Crippen MR) is 73.9 cm³/mol. The molecule has 0 aromatic heterocycles. The van der Waals surface area contributed by atoms with Crippen LogP contribution in [0.2, 0.25) is 10.0 Å². The first kappa shape index (κ1) is 14.6. The number of hydrogen-bond donors (Lipinski definition) is 1. The van der Waals surface area contributed by atoms with E-state index in [0.29, 0.717) is 34.9 Å². The minimum Gasteiger partial charge on any atom is -0.492 e. The Bertz CT molecular complexity index is 367. The third-order valence-electron chi connectivity index (χ3n) is 2.48. The number of rotatable bonds is 6. The Morgan fingerprint density at radius 1 is 1.29 bits per heavy atom. The summed E-state index contributed by atoms with van der Waals surface area (Å²) in [4.78, 5) is 0. The molecule has 0 spiro atoms. The summed E-state index contributed by atoms with van der Waals surface area (Å²) >= 11 is 12.0. The van der Waals surface area contributed by atoms with Crippen molar-refractivity contribution < 1.29 is 4.74 Å². The van der Waals surface area contributed by atoms with E-state index < -0.39 is 0 Å². The van der Waals surface area contributed by atoms with Crippen LogP contribution in [0.15, 0.2) is 12.1 Å². The summed E-state index contributed by atoms with van der Waals surface area (Å²) < 4.78 is 5.69. The summed E-state index contributed by atoms with van der Waals surface area (Å²) in [6.45, 7) is 5.42. The average Bonchev–Trinajstić information content (AvgIpc) is 2.25. The van der Waals surface area contributed by atoms with Gasteiger partial charge < -0.3 is 10.5 Å². The van der Waals surface area contributed by atoms with Gasteiger partial charge in [-0.2, -0.15) is 0 Å². The van der Waals surface area contributed by atoms with E-state index in [9.17, 15) is 0 Å². The van der Waals surface area contributed by atoms with Crippen LogP contribution in [0.4, 0.5) is 0 Å². The van der Waals surface area contributed by atoms with Crippen LogP contribution in [0.1, 0.15) is 32.3 Å². The monoisotopic (exact) mass is 275 g/mol. The fourth-order valence-electron chi connectivity index (χ4n) is 1.59. The van der Waals surface area contributed by atoms with Gasteiger partial charge in [0.05, 0.1) is 11.6 Å². The van der Waals surface area contributed by atoms with Gasteiger partial charge in [-0.1, -0.05) is 37.0 Å². The molecule has 4 heteroatoms. The molecule has 0 saturated heterocycles. The molecule has 1 aromatic rings. The molecule has 1 rings (SSSR count). The van der Waals surface area contributed by atoms with Crippen molar-refractivity contribution in [1.82, 2.24) is 0 Å². The van der Waals surface area contributed by atoms with Gasteiger partial charge in [0.15, 0.2) is 0 Å². The van der Waals surface area contributed by atoms with E-state index in [0.717, 1.165) is 18.4 Å². The summed E-state index contributed by atoms with van der Waals surface area (Å²) in [5, 5.41) is 1.12. The maximum absolute atomic E-state index is 6.09. The zero-order chi connectivity index (χ0) is 12.8. The zero-order valence-electron chi connectivity index (χ0n) is 10.3. The first-order valence-corrected chi connectivity index (χ1v) is 6.61. The molecule has 0 aliphatic rings. The zero-order valence-corrected chi connectivity index (χ0v) is 11.8. The second-order valence-electron chi connectivity index (χ2n) is 4.46. The van der Waals surface area contributed by atoms with Gasteiger partial charge in [0.25, 0.3) is 0 Å². The number of nitrogens with two attached hydrogens (primary N) is 1. The molecule has 2 N–H and O–H groups in total. The van der Waals surface area contributed by atoms with Gasteiger partial charge in [-0.05, 0) is 30.9 Å². The van der Waals surface area contributed by atoms with Gasteiger partial charge in [-0.3, -0.25) is 0 Å². The Labute approximate surface area is 113 Å². The van der Waals surface area contributed by atoms with Gasteiger partial charge in [0, 0.05) is 17.1 Å². The lowest BCUT2D eigenvalue weighted by atomic mass is 10.1. The number of hydrogen-bond acceptors (Lipinski definition) is 2. The molecule has 17 heavy (non-hydrogen) atoms. The van der Waals surface area contributed by atoms with Crippen LogP contribution in [0.3, 0.4) is 0 Å². The fraction of sp³-hybridized carbons (Fsp3) is 0.538. The highest BCUT2D eigenvalue weighted by atomic mass is 35.5. The molecule has 0 atom stereocenters. The van der Waals surface area contributed by atoms with Crippen molar-refractivity contribution in [3.05, 3.63) is 27.7 Å². The smallest absolute Gasteiger partial charge is 0.142 e. The number of benzene rings is 1. The van der Waals surface area contributed by atoms with Crippen LogP contribution in [0.25, 0.3) is 0 Å². The molecule has 96 valence electrons. The summed E-state index contributed by atoms with van der Waals surface area (Å²) in [5.41, 5.74) is 6.50. The molecule has 0 aliphatic heterocycles. The van der Waals surface area contributed by atoms with Crippen LogP contribution < -0.4 is 10.5 Å². The number of ether oxygens (including phenoxy) is 1. The summed E-state index contributed by atoms with van der Waals surface area (Å²) in [6.07, 6.45) is 2.16. The van der Waals surface area contributed by atoms with E-state index in [1.54, 1.807) is 12.1 Å². The standard InChI is InChI=1S/C13H19Cl2NO/c1-9(2)4-3-5-17-13-10(8-16)6-11(14)7-12(13)15/h6-7,9H,3-5,8,16H2,1-2H3. The van der Waals surface area contributed by atoms with Gasteiger partial charge in [0.2, 0.25) is 0 Å². The predicted octanol–water partition coefficient (Wildman–Crippen LogP) is 4.27. The van der Waals surface area contributed by atoms with Crippen molar-refractivity contribution in [2.24, 2.45) is 11.7 Å². The largest absolute Gasteiger partial charge is 0.492 e. The molecule has 0 saturated carbocycles. The van der Waals surface area contributed by atoms with E-state index in [1.807, 2.05) is 0 Å². The first-order valence-electron chi connectivity index (χ1n) is 5.85. The maximum Gasteiger partial charge on any atom is 0.142 e. The molecule has 0 unspecified atom stereocenters. The minimum absolute atomic E-state index is 0.375. The summed E-state index contributed by atoms with van der Waals surface area (Å²) in [6, 6.07) is 3.48. The van der Waals surface area contributed by atoms with Crippen molar-refractivity contribution in [1.29, 1.82) is 0 Å². The van der Waals surface area contributed by atoms with Gasteiger partial charge in [-0.15, -0.1) is 0 Å². The highest BCUT2D eigenvalue weighted by Crippen LogP contribution is 2.32.